The van der Waals surface area contributed by atoms with E-state index in [9.17, 15) is 4.79 Å². The van der Waals surface area contributed by atoms with Gasteiger partial charge in [0.15, 0.2) is 0 Å². The van der Waals surface area contributed by atoms with Crippen LogP contribution in [0.15, 0.2) is 0 Å². The molecule has 0 aromatic rings. The molecule has 2 N–H and O–H groups in total. The van der Waals surface area contributed by atoms with Crippen molar-refractivity contribution in [1.29, 1.82) is 0 Å². The number of nitrogens with one attached hydrogen (secondary N) is 2. The Hall–Kier alpha value is -0.650. The Kier molecular flexibility index (Phi) is 8.11. The Morgan fingerprint density at radius 1 is 1.30 bits per heavy atom. The van der Waals surface area contributed by atoms with E-state index in [1.165, 1.54) is 0 Å². The molecule has 5 nitrogen and oxygen atoms in total. The zero-order valence-electron chi connectivity index (χ0n) is 13.6. The van der Waals surface area contributed by atoms with Crippen LogP contribution < -0.4 is 10.6 Å². The van der Waals surface area contributed by atoms with Gasteiger partial charge in [-0.3, -0.25) is 14.6 Å². The van der Waals surface area contributed by atoms with Gasteiger partial charge in [-0.15, -0.1) is 0 Å². The zero-order chi connectivity index (χ0) is 15.0. The number of rotatable bonds is 8. The Morgan fingerprint density at radius 3 is 2.45 bits per heavy atom. The van der Waals surface area contributed by atoms with Gasteiger partial charge in [0.2, 0.25) is 5.91 Å². The summed E-state index contributed by atoms with van der Waals surface area (Å²) < 4.78 is 0. The number of hydrogen-bond acceptors (Lipinski definition) is 4. The van der Waals surface area contributed by atoms with E-state index in [1.807, 2.05) is 14.0 Å². The number of hydrogen-bond donors (Lipinski definition) is 2. The van der Waals surface area contributed by atoms with Crippen LogP contribution >= 0.6 is 0 Å². The lowest BCUT2D eigenvalue weighted by Gasteiger charge is -2.31. The maximum atomic E-state index is 12.2. The minimum atomic E-state index is -0.0569. The first-order valence-corrected chi connectivity index (χ1v) is 8.02. The molecule has 1 unspecified atom stereocenters. The second-order valence-electron chi connectivity index (χ2n) is 5.77. The summed E-state index contributed by atoms with van der Waals surface area (Å²) in [4.78, 5) is 16.8. The maximum Gasteiger partial charge on any atom is 0.237 e. The first-order chi connectivity index (χ1) is 9.58. The quantitative estimate of drug-likeness (QED) is 0.682. The number of amides is 1. The Balaban J connectivity index is 2.29. The lowest BCUT2D eigenvalue weighted by atomic mass is 10.1. The first kappa shape index (κ1) is 17.4. The fraction of sp³-hybridized carbons (Fsp3) is 0.933. The molecule has 5 heteroatoms. The van der Waals surface area contributed by atoms with Crippen molar-refractivity contribution in [3.05, 3.63) is 0 Å². The molecule has 1 rings (SSSR count). The second-order valence-corrected chi connectivity index (χ2v) is 5.77. The maximum absolute atomic E-state index is 12.2. The molecule has 1 heterocycles. The molecule has 20 heavy (non-hydrogen) atoms. The van der Waals surface area contributed by atoms with E-state index in [2.05, 4.69) is 34.3 Å². The van der Waals surface area contributed by atoms with E-state index in [4.69, 9.17) is 0 Å². The molecule has 0 spiro atoms. The van der Waals surface area contributed by atoms with E-state index in [-0.39, 0.29) is 11.9 Å². The van der Waals surface area contributed by atoms with Crippen molar-refractivity contribution in [1.82, 2.24) is 20.4 Å². The monoisotopic (exact) mass is 284 g/mol. The van der Waals surface area contributed by atoms with Crippen molar-refractivity contribution < 1.29 is 4.79 Å². The van der Waals surface area contributed by atoms with Gasteiger partial charge in [-0.2, -0.15) is 0 Å². The summed E-state index contributed by atoms with van der Waals surface area (Å²) in [6, 6.07) is 0.255. The van der Waals surface area contributed by atoms with Crippen LogP contribution in [-0.4, -0.2) is 74.1 Å². The van der Waals surface area contributed by atoms with Gasteiger partial charge < -0.3 is 10.6 Å². The highest BCUT2D eigenvalue weighted by Gasteiger charge is 2.20. The van der Waals surface area contributed by atoms with Crippen LogP contribution in [0.5, 0.6) is 0 Å². The first-order valence-electron chi connectivity index (χ1n) is 8.02. The van der Waals surface area contributed by atoms with Gasteiger partial charge in [0.1, 0.15) is 0 Å². The van der Waals surface area contributed by atoms with Crippen molar-refractivity contribution >= 4 is 5.91 Å². The van der Waals surface area contributed by atoms with Crippen molar-refractivity contribution in [3.63, 3.8) is 0 Å². The van der Waals surface area contributed by atoms with E-state index in [1.54, 1.807) is 0 Å². The fourth-order valence-electron chi connectivity index (χ4n) is 2.44. The summed E-state index contributed by atoms with van der Waals surface area (Å²) >= 11 is 0. The van der Waals surface area contributed by atoms with Crippen LogP contribution in [0.1, 0.15) is 33.6 Å². The highest BCUT2D eigenvalue weighted by atomic mass is 16.2. The molecular weight excluding hydrogens is 252 g/mol. The lowest BCUT2D eigenvalue weighted by molar-refractivity contribution is -0.126. The molecule has 1 saturated heterocycles. The Morgan fingerprint density at radius 2 is 1.90 bits per heavy atom. The molecule has 0 aromatic carbocycles. The summed E-state index contributed by atoms with van der Waals surface area (Å²) in [5.74, 6) is 0.154. The number of likely N-dealkylation sites (N-methyl/N-ethyl adjacent to an activating group) is 1. The summed E-state index contributed by atoms with van der Waals surface area (Å²) in [6.45, 7) is 12.6. The van der Waals surface area contributed by atoms with E-state index >= 15 is 0 Å². The molecule has 0 radical (unpaired) electrons. The molecule has 1 fully saturated rings. The zero-order valence-corrected chi connectivity index (χ0v) is 13.6. The third-order valence-electron chi connectivity index (χ3n) is 4.35. The van der Waals surface area contributed by atoms with Gasteiger partial charge in [0.25, 0.3) is 0 Å². The molecular formula is C15H32N4O. The fourth-order valence-corrected chi connectivity index (χ4v) is 2.44. The van der Waals surface area contributed by atoms with Crippen LogP contribution in [0.4, 0.5) is 0 Å². The lowest BCUT2D eigenvalue weighted by Crippen LogP contribution is -2.50. The summed E-state index contributed by atoms with van der Waals surface area (Å²) in [5, 5.41) is 6.49. The van der Waals surface area contributed by atoms with E-state index < -0.39 is 0 Å². The van der Waals surface area contributed by atoms with Gasteiger partial charge in [0, 0.05) is 45.3 Å². The van der Waals surface area contributed by atoms with Crippen LogP contribution in [0.3, 0.4) is 0 Å². The summed E-state index contributed by atoms with van der Waals surface area (Å²) in [5.41, 5.74) is 0. The third kappa shape index (κ3) is 5.77. The molecule has 0 aromatic heterocycles. The number of nitrogens with zero attached hydrogens (tertiary/aromatic N) is 2. The van der Waals surface area contributed by atoms with Gasteiger partial charge in [-0.25, -0.2) is 0 Å². The molecule has 0 saturated carbocycles. The predicted molar refractivity (Wildman–Crippen MR) is 83.9 cm³/mol. The van der Waals surface area contributed by atoms with Crippen LogP contribution in [0.25, 0.3) is 0 Å². The Bertz CT molecular complexity index is 275. The molecule has 118 valence electrons. The van der Waals surface area contributed by atoms with Crippen LogP contribution in [0.2, 0.25) is 0 Å². The average molecular weight is 284 g/mol. The van der Waals surface area contributed by atoms with Crippen LogP contribution in [-0.2, 0) is 4.79 Å². The molecule has 1 atom stereocenters. The van der Waals surface area contributed by atoms with E-state index in [0.29, 0.717) is 6.04 Å². The van der Waals surface area contributed by atoms with Crippen molar-refractivity contribution in [2.45, 2.75) is 45.7 Å². The number of piperazine rings is 1. The molecule has 0 aliphatic carbocycles. The molecule has 0 bridgehead atoms. The minimum absolute atomic E-state index is 0.0569. The standard InChI is InChI=1S/C15H32N4O/c1-5-14(6-2)17-15(20)13(3)18(4)11-12-19-9-7-16-8-10-19/h13-14,16H,5-12H2,1-4H3,(H,17,20). The summed E-state index contributed by atoms with van der Waals surface area (Å²) in [6.07, 6.45) is 2.00. The predicted octanol–water partition coefficient (Wildman–Crippen LogP) is 0.517. The molecule has 1 amide bonds. The highest BCUT2D eigenvalue weighted by molar-refractivity contribution is 5.81. The SMILES string of the molecule is CCC(CC)NC(=O)C(C)N(C)CCN1CCNCC1. The third-order valence-corrected chi connectivity index (χ3v) is 4.35. The van der Waals surface area contributed by atoms with E-state index in [0.717, 1.165) is 52.1 Å². The normalized spacial score (nSPS) is 18.5. The number of carbonyl (C=O) groups is 1. The molecule has 1 aliphatic rings. The van der Waals surface area contributed by atoms with Gasteiger partial charge in [-0.05, 0) is 26.8 Å². The smallest absolute Gasteiger partial charge is 0.237 e. The van der Waals surface area contributed by atoms with Gasteiger partial charge >= 0.3 is 0 Å². The van der Waals surface area contributed by atoms with Gasteiger partial charge in [0.05, 0.1) is 6.04 Å². The van der Waals surface area contributed by atoms with Gasteiger partial charge in [-0.1, -0.05) is 13.8 Å². The van der Waals surface area contributed by atoms with Crippen molar-refractivity contribution in [2.75, 3.05) is 46.3 Å². The minimum Gasteiger partial charge on any atom is -0.352 e. The highest BCUT2D eigenvalue weighted by Crippen LogP contribution is 2.02. The largest absolute Gasteiger partial charge is 0.352 e. The number of carbonyl (C=O) groups excluding carboxylic acids is 1. The Labute approximate surface area is 124 Å². The average Bonchev–Trinajstić information content (AvgIpc) is 2.50. The second kappa shape index (κ2) is 9.32. The van der Waals surface area contributed by atoms with Crippen LogP contribution in [0, 0.1) is 0 Å². The van der Waals surface area contributed by atoms with Crippen molar-refractivity contribution in [3.8, 4) is 0 Å². The molecule has 1 aliphatic heterocycles. The summed E-state index contributed by atoms with van der Waals surface area (Å²) in [7, 11) is 2.04. The topological polar surface area (TPSA) is 47.6 Å². The van der Waals surface area contributed by atoms with Crippen molar-refractivity contribution in [2.24, 2.45) is 0 Å².